The number of hydrogen-bond acceptors (Lipinski definition) is 3. The molecule has 1 saturated heterocycles. The van der Waals surface area contributed by atoms with E-state index in [2.05, 4.69) is 15.4 Å². The number of aryl methyl sites for hydroxylation is 1. The highest BCUT2D eigenvalue weighted by Gasteiger charge is 2.28. The minimum absolute atomic E-state index is 0.000495. The molecule has 1 aliphatic rings. The van der Waals surface area contributed by atoms with Crippen molar-refractivity contribution in [2.24, 2.45) is 7.05 Å². The summed E-state index contributed by atoms with van der Waals surface area (Å²) >= 11 is 0. The van der Waals surface area contributed by atoms with Gasteiger partial charge in [-0.25, -0.2) is 4.79 Å². The number of amides is 2. The van der Waals surface area contributed by atoms with E-state index in [4.69, 9.17) is 0 Å². The van der Waals surface area contributed by atoms with Gasteiger partial charge in [0.2, 0.25) is 0 Å². The molecule has 0 aromatic carbocycles. The van der Waals surface area contributed by atoms with E-state index in [9.17, 15) is 4.79 Å². The molecular formula is C19H27N5O. The number of urea groups is 1. The van der Waals surface area contributed by atoms with E-state index in [0.717, 1.165) is 42.6 Å². The van der Waals surface area contributed by atoms with E-state index in [1.54, 1.807) is 12.4 Å². The maximum atomic E-state index is 13.0. The highest BCUT2D eigenvalue weighted by molar-refractivity contribution is 5.75. The first-order valence-corrected chi connectivity index (χ1v) is 9.03. The molecule has 2 amide bonds. The Bertz CT molecular complexity index is 712. The Morgan fingerprint density at radius 3 is 2.72 bits per heavy atom. The van der Waals surface area contributed by atoms with Crippen LogP contribution < -0.4 is 5.32 Å². The van der Waals surface area contributed by atoms with Crippen LogP contribution in [0.5, 0.6) is 0 Å². The fourth-order valence-electron chi connectivity index (χ4n) is 3.57. The molecular weight excluding hydrogens is 314 g/mol. The molecule has 2 atom stereocenters. The van der Waals surface area contributed by atoms with Crippen LogP contribution in [0.4, 0.5) is 4.79 Å². The summed E-state index contributed by atoms with van der Waals surface area (Å²) in [5.41, 5.74) is 3.30. The molecule has 25 heavy (non-hydrogen) atoms. The van der Waals surface area contributed by atoms with Crippen molar-refractivity contribution >= 4 is 6.03 Å². The van der Waals surface area contributed by atoms with Crippen LogP contribution in [0, 0.1) is 6.92 Å². The van der Waals surface area contributed by atoms with Crippen molar-refractivity contribution in [1.82, 2.24) is 25.0 Å². The normalized spacial score (nSPS) is 19.3. The third kappa shape index (κ3) is 3.83. The maximum absolute atomic E-state index is 13.0. The van der Waals surface area contributed by atoms with E-state index >= 15 is 0 Å². The number of carbonyl (C=O) groups excluding carboxylic acids is 1. The molecule has 2 aromatic heterocycles. The van der Waals surface area contributed by atoms with Gasteiger partial charge in [0.15, 0.2) is 0 Å². The van der Waals surface area contributed by atoms with Crippen LogP contribution in [0.2, 0.25) is 0 Å². The number of nitrogens with one attached hydrogen (secondary N) is 1. The number of nitrogens with zero attached hydrogens (tertiary/aromatic N) is 4. The quantitative estimate of drug-likeness (QED) is 0.929. The SMILES string of the molecule is Cc1c([C@@H](C)NC(=O)N2CCCCC[C@@H]2c2ccncc2)cnn1C. The zero-order valence-corrected chi connectivity index (χ0v) is 15.3. The molecule has 0 aliphatic carbocycles. The molecule has 6 heteroatoms. The Balaban J connectivity index is 1.77. The molecule has 1 fully saturated rings. The number of hydrogen-bond donors (Lipinski definition) is 1. The van der Waals surface area contributed by atoms with Crippen molar-refractivity contribution in [2.75, 3.05) is 6.54 Å². The average Bonchev–Trinajstić information content (AvgIpc) is 2.83. The van der Waals surface area contributed by atoms with Gasteiger partial charge in [-0.15, -0.1) is 0 Å². The summed E-state index contributed by atoms with van der Waals surface area (Å²) < 4.78 is 1.84. The fraction of sp³-hybridized carbons (Fsp3) is 0.526. The van der Waals surface area contributed by atoms with Crippen LogP contribution in [0.3, 0.4) is 0 Å². The molecule has 3 heterocycles. The summed E-state index contributed by atoms with van der Waals surface area (Å²) in [6.45, 7) is 4.83. The van der Waals surface area contributed by atoms with E-state index in [1.807, 2.05) is 48.8 Å². The minimum Gasteiger partial charge on any atom is -0.331 e. The zero-order valence-electron chi connectivity index (χ0n) is 15.3. The third-order valence-corrected chi connectivity index (χ3v) is 5.18. The molecule has 0 bridgehead atoms. The summed E-state index contributed by atoms with van der Waals surface area (Å²) in [6, 6.07) is 4.09. The van der Waals surface area contributed by atoms with Crippen LogP contribution in [-0.2, 0) is 7.05 Å². The predicted octanol–water partition coefficient (Wildman–Crippen LogP) is 3.51. The Kier molecular flexibility index (Phi) is 5.36. The molecule has 134 valence electrons. The number of likely N-dealkylation sites (tertiary alicyclic amines) is 1. The van der Waals surface area contributed by atoms with Gasteiger partial charge in [-0.2, -0.15) is 5.10 Å². The Morgan fingerprint density at radius 2 is 2.04 bits per heavy atom. The number of pyridine rings is 1. The van der Waals surface area contributed by atoms with Crippen molar-refractivity contribution in [1.29, 1.82) is 0 Å². The van der Waals surface area contributed by atoms with Crippen LogP contribution in [0.1, 0.15) is 61.5 Å². The van der Waals surface area contributed by atoms with E-state index in [1.165, 1.54) is 6.42 Å². The van der Waals surface area contributed by atoms with E-state index < -0.39 is 0 Å². The molecule has 3 rings (SSSR count). The lowest BCUT2D eigenvalue weighted by atomic mass is 10.0. The van der Waals surface area contributed by atoms with Gasteiger partial charge >= 0.3 is 6.03 Å². The van der Waals surface area contributed by atoms with Crippen LogP contribution in [0.15, 0.2) is 30.7 Å². The first-order chi connectivity index (χ1) is 12.1. The highest BCUT2D eigenvalue weighted by atomic mass is 16.2. The lowest BCUT2D eigenvalue weighted by Crippen LogP contribution is -2.43. The summed E-state index contributed by atoms with van der Waals surface area (Å²) in [5, 5.41) is 7.44. The summed E-state index contributed by atoms with van der Waals surface area (Å²) in [4.78, 5) is 19.1. The van der Waals surface area contributed by atoms with Crippen molar-refractivity contribution in [3.05, 3.63) is 47.5 Å². The summed E-state index contributed by atoms with van der Waals surface area (Å²) in [6.07, 6.45) is 9.81. The molecule has 0 radical (unpaired) electrons. The molecule has 2 aromatic rings. The zero-order chi connectivity index (χ0) is 17.8. The molecule has 0 saturated carbocycles. The average molecular weight is 341 g/mol. The Morgan fingerprint density at radius 1 is 1.28 bits per heavy atom. The minimum atomic E-state index is -0.0671. The highest BCUT2D eigenvalue weighted by Crippen LogP contribution is 2.30. The van der Waals surface area contributed by atoms with Gasteiger partial charge in [0.05, 0.1) is 18.3 Å². The van der Waals surface area contributed by atoms with E-state index in [-0.39, 0.29) is 18.1 Å². The van der Waals surface area contributed by atoms with Crippen LogP contribution in [-0.4, -0.2) is 32.2 Å². The number of aromatic nitrogens is 3. The van der Waals surface area contributed by atoms with Crippen molar-refractivity contribution in [3.63, 3.8) is 0 Å². The largest absolute Gasteiger partial charge is 0.331 e. The van der Waals surface area contributed by atoms with Gasteiger partial charge in [0.1, 0.15) is 0 Å². The first kappa shape index (κ1) is 17.5. The smallest absolute Gasteiger partial charge is 0.318 e. The number of rotatable bonds is 3. The maximum Gasteiger partial charge on any atom is 0.318 e. The monoisotopic (exact) mass is 341 g/mol. The Labute approximate surface area is 149 Å². The first-order valence-electron chi connectivity index (χ1n) is 9.03. The van der Waals surface area contributed by atoms with Crippen molar-refractivity contribution in [2.45, 2.75) is 51.6 Å². The van der Waals surface area contributed by atoms with E-state index in [0.29, 0.717) is 0 Å². The molecule has 6 nitrogen and oxygen atoms in total. The van der Waals surface area contributed by atoms with Gasteiger partial charge in [0, 0.05) is 37.2 Å². The fourth-order valence-corrected chi connectivity index (χ4v) is 3.57. The van der Waals surface area contributed by atoms with Gasteiger partial charge < -0.3 is 10.2 Å². The summed E-state index contributed by atoms with van der Waals surface area (Å²) in [5.74, 6) is 0. The second kappa shape index (κ2) is 7.68. The van der Waals surface area contributed by atoms with Crippen LogP contribution >= 0.6 is 0 Å². The standard InChI is InChI=1S/C19H27N5O/c1-14(17-13-21-23(3)15(17)2)22-19(25)24-12-6-4-5-7-18(24)16-8-10-20-11-9-16/h8-11,13-14,18H,4-7,12H2,1-3H3,(H,22,25)/t14-,18-/m1/s1. The van der Waals surface area contributed by atoms with Gasteiger partial charge in [0.25, 0.3) is 0 Å². The van der Waals surface area contributed by atoms with Gasteiger partial charge in [-0.3, -0.25) is 9.67 Å². The lowest BCUT2D eigenvalue weighted by molar-refractivity contribution is 0.172. The lowest BCUT2D eigenvalue weighted by Gasteiger charge is -2.31. The van der Waals surface area contributed by atoms with Crippen LogP contribution in [0.25, 0.3) is 0 Å². The van der Waals surface area contributed by atoms with Crippen molar-refractivity contribution in [3.8, 4) is 0 Å². The molecule has 0 spiro atoms. The molecule has 0 unspecified atom stereocenters. The van der Waals surface area contributed by atoms with Gasteiger partial charge in [-0.1, -0.05) is 12.8 Å². The van der Waals surface area contributed by atoms with Gasteiger partial charge in [-0.05, 0) is 44.4 Å². The second-order valence-corrected chi connectivity index (χ2v) is 6.82. The van der Waals surface area contributed by atoms with Crippen molar-refractivity contribution < 1.29 is 4.79 Å². The number of carbonyl (C=O) groups is 1. The Hall–Kier alpha value is -2.37. The topological polar surface area (TPSA) is 63.1 Å². The molecule has 1 N–H and O–H groups in total. The predicted molar refractivity (Wildman–Crippen MR) is 97.0 cm³/mol. The molecule has 1 aliphatic heterocycles. The summed E-state index contributed by atoms with van der Waals surface area (Å²) in [7, 11) is 1.92. The second-order valence-electron chi connectivity index (χ2n) is 6.82. The third-order valence-electron chi connectivity index (χ3n) is 5.18.